The molecular formula is C17H31NO. The van der Waals surface area contributed by atoms with Crippen LogP contribution in [0.15, 0.2) is 0 Å². The topological polar surface area (TPSA) is 21.3 Å². The summed E-state index contributed by atoms with van der Waals surface area (Å²) in [6, 6.07) is 0.672. The maximum atomic E-state index is 6.13. The normalized spacial score (nSPS) is 46.9. The number of fused-ring (bicyclic) bond motifs is 2. The van der Waals surface area contributed by atoms with E-state index in [2.05, 4.69) is 39.9 Å². The molecule has 0 aromatic heterocycles. The zero-order valence-corrected chi connectivity index (χ0v) is 13.4. The van der Waals surface area contributed by atoms with Crippen LogP contribution in [0.5, 0.6) is 0 Å². The molecule has 1 heterocycles. The van der Waals surface area contributed by atoms with Crippen molar-refractivity contribution in [3.63, 3.8) is 0 Å². The molecule has 0 aromatic carbocycles. The largest absolute Gasteiger partial charge is 0.371 e. The number of hydrogen-bond donors (Lipinski definition) is 1. The van der Waals surface area contributed by atoms with Gasteiger partial charge in [0.2, 0.25) is 0 Å². The van der Waals surface area contributed by atoms with Gasteiger partial charge in [0, 0.05) is 12.6 Å². The predicted octanol–water partition coefficient (Wildman–Crippen LogP) is 3.75. The van der Waals surface area contributed by atoms with Crippen molar-refractivity contribution in [2.75, 3.05) is 6.54 Å². The van der Waals surface area contributed by atoms with Crippen LogP contribution in [0.3, 0.4) is 0 Å². The van der Waals surface area contributed by atoms with Crippen LogP contribution in [0.25, 0.3) is 0 Å². The highest BCUT2D eigenvalue weighted by atomic mass is 16.5. The van der Waals surface area contributed by atoms with Crippen molar-refractivity contribution in [2.24, 2.45) is 16.7 Å². The molecule has 2 aliphatic carbocycles. The van der Waals surface area contributed by atoms with Crippen LogP contribution in [0, 0.1) is 16.7 Å². The van der Waals surface area contributed by atoms with E-state index >= 15 is 0 Å². The van der Waals surface area contributed by atoms with E-state index in [1.807, 2.05) is 0 Å². The molecule has 2 nitrogen and oxygen atoms in total. The highest BCUT2D eigenvalue weighted by Crippen LogP contribution is 2.62. The van der Waals surface area contributed by atoms with Gasteiger partial charge < -0.3 is 10.1 Å². The second-order valence-corrected chi connectivity index (χ2v) is 8.79. The standard InChI is InChI=1S/C17H31NO/c1-15(2)8-7-13(19-15)11-18-14-16(3,4)12-6-9-17(14,5)10-12/h12-14,18H,6-11H2,1-5H3. The third-order valence-electron chi connectivity index (χ3n) is 6.37. The summed E-state index contributed by atoms with van der Waals surface area (Å²) in [6.45, 7) is 12.9. The number of ether oxygens (including phenoxy) is 1. The molecule has 1 N–H and O–H groups in total. The van der Waals surface area contributed by atoms with Gasteiger partial charge >= 0.3 is 0 Å². The molecular weight excluding hydrogens is 234 g/mol. The average Bonchev–Trinajstić information content (AvgIpc) is 2.87. The first-order valence-corrected chi connectivity index (χ1v) is 8.14. The number of nitrogens with one attached hydrogen (secondary N) is 1. The van der Waals surface area contributed by atoms with Crippen LogP contribution in [0.2, 0.25) is 0 Å². The Hall–Kier alpha value is -0.0800. The van der Waals surface area contributed by atoms with Gasteiger partial charge in [0.25, 0.3) is 0 Å². The Labute approximate surface area is 118 Å². The zero-order valence-electron chi connectivity index (χ0n) is 13.4. The number of rotatable bonds is 3. The lowest BCUT2D eigenvalue weighted by Gasteiger charge is -2.43. The van der Waals surface area contributed by atoms with Crippen LogP contribution in [-0.4, -0.2) is 24.3 Å². The van der Waals surface area contributed by atoms with Crippen molar-refractivity contribution in [2.45, 2.75) is 84.5 Å². The fourth-order valence-corrected chi connectivity index (χ4v) is 5.28. The predicted molar refractivity (Wildman–Crippen MR) is 79.2 cm³/mol. The molecule has 4 atom stereocenters. The maximum Gasteiger partial charge on any atom is 0.0707 e. The molecule has 3 rings (SSSR count). The third-order valence-corrected chi connectivity index (χ3v) is 6.37. The fourth-order valence-electron chi connectivity index (χ4n) is 5.28. The zero-order chi connectivity index (χ0) is 13.9. The number of hydrogen-bond acceptors (Lipinski definition) is 2. The lowest BCUT2D eigenvalue weighted by Crippen LogP contribution is -2.52. The van der Waals surface area contributed by atoms with Gasteiger partial charge in [0.05, 0.1) is 11.7 Å². The van der Waals surface area contributed by atoms with Crippen LogP contribution >= 0.6 is 0 Å². The van der Waals surface area contributed by atoms with E-state index < -0.39 is 0 Å². The molecule has 3 fully saturated rings. The van der Waals surface area contributed by atoms with Crippen LogP contribution in [0.4, 0.5) is 0 Å². The molecule has 0 radical (unpaired) electrons. The van der Waals surface area contributed by atoms with E-state index in [1.54, 1.807) is 0 Å². The Morgan fingerprint density at radius 3 is 2.32 bits per heavy atom. The van der Waals surface area contributed by atoms with Crippen LogP contribution in [0.1, 0.15) is 66.7 Å². The van der Waals surface area contributed by atoms with Crippen LogP contribution in [-0.2, 0) is 4.74 Å². The molecule has 0 aromatic rings. The third kappa shape index (κ3) is 2.25. The lowest BCUT2D eigenvalue weighted by atomic mass is 9.68. The minimum atomic E-state index is 0.0977. The smallest absolute Gasteiger partial charge is 0.0707 e. The Balaban J connectivity index is 1.61. The van der Waals surface area contributed by atoms with E-state index in [0.717, 1.165) is 12.5 Å². The van der Waals surface area contributed by atoms with E-state index in [9.17, 15) is 0 Å². The van der Waals surface area contributed by atoms with Gasteiger partial charge in [0.15, 0.2) is 0 Å². The van der Waals surface area contributed by atoms with Gasteiger partial charge in [-0.3, -0.25) is 0 Å². The molecule has 2 saturated carbocycles. The Bertz CT molecular complexity index is 358. The quantitative estimate of drug-likeness (QED) is 0.839. The molecule has 110 valence electrons. The summed E-state index contributed by atoms with van der Waals surface area (Å²) in [5.41, 5.74) is 1.09. The fraction of sp³-hybridized carbons (Fsp3) is 1.00. The summed E-state index contributed by atoms with van der Waals surface area (Å²) in [7, 11) is 0. The minimum absolute atomic E-state index is 0.0977. The average molecular weight is 265 g/mol. The maximum absolute atomic E-state index is 6.13. The highest BCUT2D eigenvalue weighted by Gasteiger charge is 2.59. The second kappa shape index (κ2) is 4.21. The van der Waals surface area contributed by atoms with Crippen molar-refractivity contribution in [3.8, 4) is 0 Å². The molecule has 0 amide bonds. The first-order chi connectivity index (χ1) is 8.73. The summed E-state index contributed by atoms with van der Waals surface area (Å²) < 4.78 is 6.13. The van der Waals surface area contributed by atoms with Crippen molar-refractivity contribution in [3.05, 3.63) is 0 Å². The Kier molecular flexibility index (Phi) is 3.07. The Morgan fingerprint density at radius 1 is 1.05 bits per heavy atom. The van der Waals surface area contributed by atoms with Crippen molar-refractivity contribution in [1.82, 2.24) is 5.32 Å². The monoisotopic (exact) mass is 265 g/mol. The molecule has 19 heavy (non-hydrogen) atoms. The summed E-state index contributed by atoms with van der Waals surface area (Å²) in [5, 5.41) is 3.90. The first-order valence-electron chi connectivity index (χ1n) is 8.14. The minimum Gasteiger partial charge on any atom is -0.371 e. The van der Waals surface area contributed by atoms with Gasteiger partial charge in [-0.25, -0.2) is 0 Å². The SMILES string of the molecule is CC1(C)CCC(CNC2C3(C)CCC(C3)C2(C)C)O1. The van der Waals surface area contributed by atoms with E-state index in [-0.39, 0.29) is 5.60 Å². The molecule has 4 unspecified atom stereocenters. The van der Waals surface area contributed by atoms with Gasteiger partial charge in [-0.1, -0.05) is 20.8 Å². The van der Waals surface area contributed by atoms with Crippen LogP contribution < -0.4 is 5.32 Å². The van der Waals surface area contributed by atoms with E-state index in [1.165, 1.54) is 32.1 Å². The first kappa shape index (κ1) is 13.9. The molecule has 3 aliphatic rings. The lowest BCUT2D eigenvalue weighted by molar-refractivity contribution is -0.0198. The Morgan fingerprint density at radius 2 is 1.79 bits per heavy atom. The van der Waals surface area contributed by atoms with Gasteiger partial charge in [0.1, 0.15) is 0 Å². The van der Waals surface area contributed by atoms with Gasteiger partial charge in [-0.15, -0.1) is 0 Å². The summed E-state index contributed by atoms with van der Waals surface area (Å²) in [5.74, 6) is 0.927. The second-order valence-electron chi connectivity index (χ2n) is 8.79. The highest BCUT2D eigenvalue weighted by molar-refractivity contribution is 5.12. The van der Waals surface area contributed by atoms with Crippen molar-refractivity contribution in [1.29, 1.82) is 0 Å². The summed E-state index contributed by atoms with van der Waals surface area (Å²) >= 11 is 0. The van der Waals surface area contributed by atoms with Crippen molar-refractivity contribution >= 4 is 0 Å². The summed E-state index contributed by atoms with van der Waals surface area (Å²) in [4.78, 5) is 0. The van der Waals surface area contributed by atoms with Gasteiger partial charge in [-0.2, -0.15) is 0 Å². The summed E-state index contributed by atoms with van der Waals surface area (Å²) in [6.07, 6.45) is 7.12. The van der Waals surface area contributed by atoms with E-state index in [0.29, 0.717) is 23.0 Å². The van der Waals surface area contributed by atoms with E-state index in [4.69, 9.17) is 4.74 Å². The molecule has 2 heteroatoms. The molecule has 1 saturated heterocycles. The van der Waals surface area contributed by atoms with Crippen molar-refractivity contribution < 1.29 is 4.74 Å². The van der Waals surface area contributed by atoms with Gasteiger partial charge in [-0.05, 0) is 62.7 Å². The molecule has 1 aliphatic heterocycles. The molecule has 2 bridgehead atoms. The molecule has 0 spiro atoms.